The molecule has 1 atom stereocenters. The molecule has 0 bridgehead atoms. The lowest BCUT2D eigenvalue weighted by atomic mass is 10.1. The smallest absolute Gasteiger partial charge is 0.326 e. The predicted molar refractivity (Wildman–Crippen MR) is 106 cm³/mol. The Bertz CT molecular complexity index is 833. The Kier molecular flexibility index (Phi) is 12.0. The first kappa shape index (κ1) is 27.4. The SMILES string of the molecule is O=C(O)CC[C@H](NC(=O)CN(O)C(=O)CCCNC(=O)Cn1cc(CCCF)nn1)C(=O)O. The van der Waals surface area contributed by atoms with Crippen LogP contribution in [0.1, 0.15) is 37.8 Å². The van der Waals surface area contributed by atoms with Crippen LogP contribution in [0.2, 0.25) is 0 Å². The van der Waals surface area contributed by atoms with Crippen LogP contribution in [0.25, 0.3) is 0 Å². The minimum atomic E-state index is -1.47. The molecule has 1 heterocycles. The van der Waals surface area contributed by atoms with Gasteiger partial charge in [0, 0.05) is 25.6 Å². The number of nitrogens with zero attached hydrogens (tertiary/aromatic N) is 4. The Morgan fingerprint density at radius 2 is 1.85 bits per heavy atom. The summed E-state index contributed by atoms with van der Waals surface area (Å²) < 4.78 is 13.4. The molecule has 0 spiro atoms. The van der Waals surface area contributed by atoms with Crippen molar-refractivity contribution in [1.29, 1.82) is 0 Å². The molecule has 0 saturated carbocycles. The van der Waals surface area contributed by atoms with E-state index in [1.807, 2.05) is 5.32 Å². The van der Waals surface area contributed by atoms with Crippen molar-refractivity contribution in [3.8, 4) is 0 Å². The van der Waals surface area contributed by atoms with Crippen molar-refractivity contribution in [3.63, 3.8) is 0 Å². The molecule has 0 aliphatic heterocycles. The molecular weight excluding hydrogens is 447 g/mol. The summed E-state index contributed by atoms with van der Waals surface area (Å²) in [5, 5.41) is 39.5. The fourth-order valence-corrected chi connectivity index (χ4v) is 2.57. The monoisotopic (exact) mass is 474 g/mol. The van der Waals surface area contributed by atoms with Gasteiger partial charge in [-0.05, 0) is 25.7 Å². The number of hydrogen-bond donors (Lipinski definition) is 5. The first-order chi connectivity index (χ1) is 15.6. The Hall–Kier alpha value is -3.62. The van der Waals surface area contributed by atoms with Crippen molar-refractivity contribution in [2.75, 3.05) is 19.8 Å². The van der Waals surface area contributed by atoms with Gasteiger partial charge in [-0.15, -0.1) is 5.10 Å². The van der Waals surface area contributed by atoms with Crippen LogP contribution in [0.15, 0.2) is 6.20 Å². The first-order valence-electron chi connectivity index (χ1n) is 10.1. The zero-order valence-electron chi connectivity index (χ0n) is 17.8. The molecule has 184 valence electrons. The molecule has 1 aromatic heterocycles. The van der Waals surface area contributed by atoms with Crippen molar-refractivity contribution >= 4 is 29.7 Å². The van der Waals surface area contributed by atoms with Crippen molar-refractivity contribution in [3.05, 3.63) is 11.9 Å². The molecule has 33 heavy (non-hydrogen) atoms. The molecule has 0 saturated heterocycles. The first-order valence-corrected chi connectivity index (χ1v) is 10.1. The number of hydroxylamine groups is 2. The molecule has 14 nitrogen and oxygen atoms in total. The van der Waals surface area contributed by atoms with E-state index in [1.165, 1.54) is 10.9 Å². The van der Waals surface area contributed by atoms with E-state index in [2.05, 4.69) is 15.6 Å². The Morgan fingerprint density at radius 3 is 2.48 bits per heavy atom. The van der Waals surface area contributed by atoms with Crippen LogP contribution >= 0.6 is 0 Å². The van der Waals surface area contributed by atoms with Crippen LogP contribution in [-0.2, 0) is 36.9 Å². The van der Waals surface area contributed by atoms with Gasteiger partial charge in [-0.2, -0.15) is 0 Å². The van der Waals surface area contributed by atoms with Crippen LogP contribution in [0, 0.1) is 0 Å². The van der Waals surface area contributed by atoms with E-state index in [9.17, 15) is 33.6 Å². The molecule has 0 fully saturated rings. The van der Waals surface area contributed by atoms with Crippen molar-refractivity contribution in [2.45, 2.75) is 51.1 Å². The molecule has 0 radical (unpaired) electrons. The van der Waals surface area contributed by atoms with Crippen molar-refractivity contribution in [1.82, 2.24) is 30.7 Å². The number of amides is 3. The second-order valence-corrected chi connectivity index (χ2v) is 7.00. The quantitative estimate of drug-likeness (QED) is 0.109. The lowest BCUT2D eigenvalue weighted by Gasteiger charge is -2.17. The third-order valence-corrected chi connectivity index (χ3v) is 4.21. The fourth-order valence-electron chi connectivity index (χ4n) is 2.57. The maximum absolute atomic E-state index is 12.1. The zero-order chi connectivity index (χ0) is 24.8. The van der Waals surface area contributed by atoms with Gasteiger partial charge >= 0.3 is 11.9 Å². The summed E-state index contributed by atoms with van der Waals surface area (Å²) >= 11 is 0. The van der Waals surface area contributed by atoms with E-state index in [0.29, 0.717) is 18.5 Å². The average molecular weight is 474 g/mol. The van der Waals surface area contributed by atoms with E-state index < -0.39 is 55.3 Å². The summed E-state index contributed by atoms with van der Waals surface area (Å²) in [4.78, 5) is 57.1. The van der Waals surface area contributed by atoms with Crippen LogP contribution < -0.4 is 10.6 Å². The number of hydrogen-bond acceptors (Lipinski definition) is 8. The number of aryl methyl sites for hydroxylation is 1. The molecule has 1 aromatic rings. The average Bonchev–Trinajstić information content (AvgIpc) is 3.19. The zero-order valence-corrected chi connectivity index (χ0v) is 17.8. The standard InChI is InChI=1S/C18H27FN6O8/c19-7-1-3-12-9-24(23-22-12)10-14(26)20-8-2-4-16(28)25(33)11-15(27)21-13(18(31)32)5-6-17(29)30/h9,13,33H,1-8,10-11H2,(H,20,26)(H,21,27)(H,29,30)(H,31,32)/t13-/m0/s1. The van der Waals surface area contributed by atoms with E-state index >= 15 is 0 Å². The number of carbonyl (C=O) groups is 5. The normalized spacial score (nSPS) is 11.5. The van der Waals surface area contributed by atoms with Gasteiger partial charge < -0.3 is 20.8 Å². The number of nitrogens with one attached hydrogen (secondary N) is 2. The minimum absolute atomic E-state index is 0.101. The second-order valence-electron chi connectivity index (χ2n) is 7.00. The Labute approximate surface area is 187 Å². The van der Waals surface area contributed by atoms with Crippen LogP contribution in [0.5, 0.6) is 0 Å². The van der Waals surface area contributed by atoms with Gasteiger partial charge in [-0.25, -0.2) is 14.5 Å². The number of halogens is 1. The lowest BCUT2D eigenvalue weighted by molar-refractivity contribution is -0.169. The summed E-state index contributed by atoms with van der Waals surface area (Å²) in [6.45, 7) is -1.32. The molecule has 5 N–H and O–H groups in total. The number of alkyl halides is 1. The maximum Gasteiger partial charge on any atom is 0.326 e. The molecule has 1 rings (SSSR count). The van der Waals surface area contributed by atoms with E-state index in [4.69, 9.17) is 10.2 Å². The van der Waals surface area contributed by atoms with Crippen molar-refractivity contribution in [2.24, 2.45) is 0 Å². The highest BCUT2D eigenvalue weighted by molar-refractivity contribution is 5.87. The topological polar surface area (TPSA) is 204 Å². The highest BCUT2D eigenvalue weighted by atomic mass is 19.1. The molecule has 0 unspecified atom stereocenters. The van der Waals surface area contributed by atoms with Crippen LogP contribution in [-0.4, -0.2) is 90.9 Å². The van der Waals surface area contributed by atoms with Gasteiger partial charge in [0.1, 0.15) is 19.1 Å². The highest BCUT2D eigenvalue weighted by Gasteiger charge is 2.23. The van der Waals surface area contributed by atoms with Gasteiger partial charge in [0.25, 0.3) is 0 Å². The molecule has 0 aliphatic rings. The number of rotatable bonds is 16. The summed E-state index contributed by atoms with van der Waals surface area (Å²) in [5.74, 6) is -4.88. The van der Waals surface area contributed by atoms with Gasteiger partial charge in [0.2, 0.25) is 17.7 Å². The van der Waals surface area contributed by atoms with Gasteiger partial charge in [-0.3, -0.25) is 28.8 Å². The summed E-state index contributed by atoms with van der Waals surface area (Å²) in [6, 6.07) is -1.47. The third kappa shape index (κ3) is 11.5. The molecule has 3 amide bonds. The molecule has 0 aromatic carbocycles. The van der Waals surface area contributed by atoms with Gasteiger partial charge in [0.15, 0.2) is 0 Å². The summed E-state index contributed by atoms with van der Waals surface area (Å²) in [7, 11) is 0. The lowest BCUT2D eigenvalue weighted by Crippen LogP contribution is -2.46. The van der Waals surface area contributed by atoms with E-state index in [1.54, 1.807) is 0 Å². The highest BCUT2D eigenvalue weighted by Crippen LogP contribution is 2.01. The second kappa shape index (κ2) is 14.4. The largest absolute Gasteiger partial charge is 0.481 e. The third-order valence-electron chi connectivity index (χ3n) is 4.21. The van der Waals surface area contributed by atoms with E-state index in [-0.39, 0.29) is 37.4 Å². The summed E-state index contributed by atoms with van der Waals surface area (Å²) in [6.07, 6.45) is 1.36. The minimum Gasteiger partial charge on any atom is -0.481 e. The number of carboxylic acid groups (broad SMARTS) is 2. The maximum atomic E-state index is 12.1. The Balaban J connectivity index is 2.29. The summed E-state index contributed by atoms with van der Waals surface area (Å²) in [5.41, 5.74) is 0.565. The van der Waals surface area contributed by atoms with Gasteiger partial charge in [0.05, 0.1) is 12.4 Å². The Morgan fingerprint density at radius 1 is 1.12 bits per heavy atom. The molecule has 15 heteroatoms. The number of carboxylic acids is 2. The van der Waals surface area contributed by atoms with Crippen LogP contribution in [0.3, 0.4) is 0 Å². The number of aromatic nitrogens is 3. The molecular formula is C18H27FN6O8. The van der Waals surface area contributed by atoms with Gasteiger partial charge in [-0.1, -0.05) is 5.21 Å². The molecule has 0 aliphatic carbocycles. The predicted octanol–water partition coefficient (Wildman–Crippen LogP) is -1.27. The fraction of sp³-hybridized carbons (Fsp3) is 0.611. The van der Waals surface area contributed by atoms with Crippen molar-refractivity contribution < 1.29 is 43.8 Å². The van der Waals surface area contributed by atoms with Crippen LogP contribution in [0.4, 0.5) is 4.39 Å². The number of carbonyl (C=O) groups excluding carboxylic acids is 3. The number of aliphatic carboxylic acids is 2. The van der Waals surface area contributed by atoms with E-state index in [0.717, 1.165) is 0 Å².